The monoisotopic (exact) mass is 602 g/mol. The molecule has 0 fully saturated rings. The number of carbonyl (C=O) groups is 1. The van der Waals surface area contributed by atoms with Crippen LogP contribution in [0.15, 0.2) is 53.3 Å². The molecule has 0 saturated heterocycles. The number of hydrogen-bond donors (Lipinski definition) is 2. The van der Waals surface area contributed by atoms with Crippen LogP contribution in [0, 0.1) is 5.92 Å². The van der Waals surface area contributed by atoms with Crippen molar-refractivity contribution in [1.82, 2.24) is 9.21 Å². The fraction of sp³-hybridized carbons (Fsp3) is 0.519. The number of alkyl halides is 3. The average molecular weight is 603 g/mol. The molecule has 2 aromatic rings. The first-order valence-electron chi connectivity index (χ1n) is 17.5. The molecule has 0 saturated carbocycles. The van der Waals surface area contributed by atoms with Crippen molar-refractivity contribution >= 4 is 16.1 Å². The van der Waals surface area contributed by atoms with Crippen LogP contribution in [0.2, 0.25) is 0 Å². The molecule has 2 atom stereocenters. The zero-order chi connectivity index (χ0) is 41.0. The number of nitrogens with zero attached hydrogens (tertiary/aromatic N) is 2. The summed E-state index contributed by atoms with van der Waals surface area (Å²) in [5.74, 6) is -2.83. The van der Waals surface area contributed by atoms with Gasteiger partial charge in [-0.2, -0.15) is 4.31 Å². The Morgan fingerprint density at radius 1 is 1.12 bits per heavy atom. The van der Waals surface area contributed by atoms with Crippen molar-refractivity contribution in [3.05, 3.63) is 54.0 Å². The van der Waals surface area contributed by atoms with E-state index in [4.69, 9.17) is 19.8 Å². The van der Waals surface area contributed by atoms with Crippen molar-refractivity contribution < 1.29 is 62.5 Å². The minimum Gasteiger partial charge on any atom is -0.497 e. The number of ether oxygens (including phenoxy) is 2. The maximum atomic E-state index is 14.0. The highest BCUT2D eigenvalue weighted by Crippen LogP contribution is 2.28. The SMILES string of the molecule is [2H]c1c([2H])c(C([2H])([2H])[C@]([2H])(N(C(=O)O)C(C)(C)C)[C@]([2H])(O)C([2H])([2H])N(CC(C)C)S(=O)(=O)c2ccc(OC(F)(F)F)cc2)c([2H])c([2H])c1OC([2H])[2H]. The second kappa shape index (κ2) is 13.1. The Kier molecular flexibility index (Phi) is 6.27. The smallest absolute Gasteiger partial charge is 0.497 e. The highest BCUT2D eigenvalue weighted by atomic mass is 32.2. The fourth-order valence-electron chi connectivity index (χ4n) is 3.13. The Morgan fingerprint density at radius 3 is 2.15 bits per heavy atom. The van der Waals surface area contributed by atoms with Gasteiger partial charge < -0.3 is 19.7 Å². The molecule has 0 aliphatic carbocycles. The lowest BCUT2D eigenvalue weighted by atomic mass is 9.94. The van der Waals surface area contributed by atoms with Crippen molar-refractivity contribution in [1.29, 1.82) is 0 Å². The molecule has 0 aromatic heterocycles. The lowest BCUT2D eigenvalue weighted by Gasteiger charge is -2.42. The number of sulfonamides is 1. The largest absolute Gasteiger partial charge is 0.573 e. The van der Waals surface area contributed by atoms with E-state index in [0.717, 1.165) is 20.8 Å². The van der Waals surface area contributed by atoms with Gasteiger partial charge in [-0.15, -0.1) is 13.2 Å². The van der Waals surface area contributed by atoms with Gasteiger partial charge in [-0.3, -0.25) is 4.90 Å². The van der Waals surface area contributed by atoms with Gasteiger partial charge in [0.2, 0.25) is 10.0 Å². The predicted octanol–water partition coefficient (Wildman–Crippen LogP) is 4.99. The number of benzene rings is 2. The summed E-state index contributed by atoms with van der Waals surface area (Å²) >= 11 is 0. The molecule has 0 aliphatic heterocycles. The molecule has 0 unspecified atom stereocenters. The van der Waals surface area contributed by atoms with Crippen molar-refractivity contribution in [3.8, 4) is 11.5 Å². The van der Waals surface area contributed by atoms with Gasteiger partial charge in [0, 0.05) is 24.1 Å². The first-order valence-corrected chi connectivity index (χ1v) is 12.8. The second-order valence-electron chi connectivity index (χ2n) is 9.49. The van der Waals surface area contributed by atoms with E-state index >= 15 is 0 Å². The van der Waals surface area contributed by atoms with Crippen LogP contribution in [0.4, 0.5) is 18.0 Å². The van der Waals surface area contributed by atoms with Crippen LogP contribution in [0.1, 0.15) is 56.6 Å². The van der Waals surface area contributed by atoms with Crippen molar-refractivity contribution in [2.75, 3.05) is 20.1 Å². The molecule has 0 heterocycles. The summed E-state index contributed by atoms with van der Waals surface area (Å²) in [6, 6.07) is -7.50. The summed E-state index contributed by atoms with van der Waals surface area (Å²) in [5.41, 5.74) is -3.61. The van der Waals surface area contributed by atoms with E-state index in [1.54, 1.807) is 0 Å². The number of amides is 1. The summed E-state index contributed by atoms with van der Waals surface area (Å²) in [7, 11) is -7.63. The third-order valence-electron chi connectivity index (χ3n) is 4.68. The van der Waals surface area contributed by atoms with E-state index < -0.39 is 119 Å². The quantitative estimate of drug-likeness (QED) is 0.352. The molecule has 2 aromatic carbocycles. The van der Waals surface area contributed by atoms with Crippen LogP contribution in [0.25, 0.3) is 0 Å². The Labute approximate surface area is 250 Å². The molecule has 0 spiro atoms. The van der Waals surface area contributed by atoms with Crippen LogP contribution in [-0.4, -0.2) is 78.0 Å². The molecule has 0 aliphatic rings. The van der Waals surface area contributed by atoms with E-state index in [1.165, 1.54) is 13.8 Å². The molecular weight excluding hydrogens is 553 g/mol. The van der Waals surface area contributed by atoms with E-state index in [1.807, 2.05) is 0 Å². The lowest BCUT2D eigenvalue weighted by Crippen LogP contribution is -2.58. The maximum Gasteiger partial charge on any atom is 0.573 e. The van der Waals surface area contributed by atoms with Crippen LogP contribution in [0.3, 0.4) is 0 Å². The average Bonchev–Trinajstić information content (AvgIpc) is 2.94. The maximum absolute atomic E-state index is 14.0. The van der Waals surface area contributed by atoms with Gasteiger partial charge in [-0.05, 0) is 75.0 Å². The molecule has 1 amide bonds. The zero-order valence-corrected chi connectivity index (χ0v) is 22.9. The van der Waals surface area contributed by atoms with Gasteiger partial charge >= 0.3 is 12.5 Å². The molecule has 0 radical (unpaired) electrons. The molecule has 13 heteroatoms. The summed E-state index contributed by atoms with van der Waals surface area (Å²) in [6.07, 6.45) is -16.3. The van der Waals surface area contributed by atoms with Crippen molar-refractivity contribution in [2.24, 2.45) is 5.92 Å². The fourth-order valence-corrected chi connectivity index (χ4v) is 4.56. The second-order valence-corrected chi connectivity index (χ2v) is 11.4. The van der Waals surface area contributed by atoms with Crippen molar-refractivity contribution in [2.45, 2.75) is 69.9 Å². The Morgan fingerprint density at radius 2 is 1.70 bits per heavy atom. The molecule has 224 valence electrons. The van der Waals surface area contributed by atoms with Gasteiger partial charge in [-0.1, -0.05) is 25.9 Å². The number of hydrogen-bond acceptors (Lipinski definition) is 6. The van der Waals surface area contributed by atoms with E-state index in [0.29, 0.717) is 24.3 Å². The van der Waals surface area contributed by atoms with E-state index in [-0.39, 0.29) is 9.21 Å². The van der Waals surface area contributed by atoms with Gasteiger partial charge in [0.1, 0.15) is 11.5 Å². The first-order chi connectivity index (χ1) is 23.1. The third kappa shape index (κ3) is 9.27. The van der Waals surface area contributed by atoms with Crippen LogP contribution >= 0.6 is 0 Å². The van der Waals surface area contributed by atoms with Gasteiger partial charge in [-0.25, -0.2) is 13.2 Å². The summed E-state index contributed by atoms with van der Waals surface area (Å²) in [5, 5.41) is 22.4. The number of carboxylic acid groups (broad SMARTS) is 1. The summed E-state index contributed by atoms with van der Waals surface area (Å²) in [4.78, 5) is 11.7. The first kappa shape index (κ1) is 19.2. The lowest BCUT2D eigenvalue weighted by molar-refractivity contribution is -0.274. The number of aliphatic hydroxyl groups is 1. The molecule has 40 heavy (non-hydrogen) atoms. The normalized spacial score (nSPS) is 20.9. The molecular formula is C27H37F3N2O7S. The van der Waals surface area contributed by atoms with Gasteiger partial charge in [0.25, 0.3) is 0 Å². The van der Waals surface area contributed by atoms with Crippen LogP contribution in [-0.2, 0) is 16.4 Å². The van der Waals surface area contributed by atoms with E-state index in [2.05, 4.69) is 4.74 Å². The third-order valence-corrected chi connectivity index (χ3v) is 6.37. The Hall–Kier alpha value is -3.03. The Bertz CT molecular complexity index is 1730. The highest BCUT2D eigenvalue weighted by molar-refractivity contribution is 7.89. The number of rotatable bonds is 12. The van der Waals surface area contributed by atoms with Crippen LogP contribution in [0.5, 0.6) is 11.5 Å². The number of methoxy groups -OCH3 is 1. The standard InChI is InChI=1S/C27H37F3N2O7S/c1-18(2)16-31(40(36,37)22-13-11-21(12-14-22)39-27(28,29)30)17-24(33)23(32(25(34)35)26(3,4)5)15-19-7-9-20(38-6)10-8-19/h7-14,18,23-24,33H,15-17H2,1-6H3,(H,34,35)/t23-,24+/m0/s1/i6D2,7D,8D,9D,10D,15D2,17D2,23D,24D. The van der Waals surface area contributed by atoms with Gasteiger partial charge in [0.05, 0.1) is 35.0 Å². The predicted molar refractivity (Wildman–Crippen MR) is 143 cm³/mol. The highest BCUT2D eigenvalue weighted by Gasteiger charge is 2.39. The zero-order valence-electron chi connectivity index (χ0n) is 34.0. The molecule has 2 rings (SSSR count). The molecule has 2 N–H and O–H groups in total. The van der Waals surface area contributed by atoms with Crippen molar-refractivity contribution in [3.63, 3.8) is 0 Å². The summed E-state index contributed by atoms with van der Waals surface area (Å²) in [6.45, 7) is 0.472. The summed E-state index contributed by atoms with van der Waals surface area (Å²) < 4.78 is 177. The van der Waals surface area contributed by atoms with Gasteiger partial charge in [0.15, 0.2) is 0 Å². The topological polar surface area (TPSA) is 117 Å². The van der Waals surface area contributed by atoms with E-state index in [9.17, 15) is 38.0 Å². The molecule has 0 bridgehead atoms. The minimum absolute atomic E-state index is 0.214. The number of halogens is 3. The molecule has 9 nitrogen and oxygen atoms in total. The minimum atomic E-state index is -5.41. The Balaban J connectivity index is 3.12. The van der Waals surface area contributed by atoms with Crippen LogP contribution < -0.4 is 9.47 Å².